The molecule has 3 rings (SSSR count). The Bertz CT molecular complexity index is 885. The summed E-state index contributed by atoms with van der Waals surface area (Å²) in [5.74, 6) is 0.175. The summed E-state index contributed by atoms with van der Waals surface area (Å²) in [6, 6.07) is 0. The van der Waals surface area contributed by atoms with Gasteiger partial charge in [0.1, 0.15) is 4.83 Å². The largest absolute Gasteiger partial charge is 0.376 e. The van der Waals surface area contributed by atoms with Crippen molar-refractivity contribution in [3.63, 3.8) is 0 Å². The Hall–Kier alpha value is -1.73. The molecule has 0 N–H and O–H groups in total. The van der Waals surface area contributed by atoms with E-state index in [0.717, 1.165) is 19.1 Å². The number of aldehydes is 1. The van der Waals surface area contributed by atoms with E-state index in [1.807, 2.05) is 13.8 Å². The minimum absolute atomic E-state index is 0.0158. The number of ether oxygens (including phenoxy) is 1. The van der Waals surface area contributed by atoms with Crippen LogP contribution in [0.1, 0.15) is 41.9 Å². The van der Waals surface area contributed by atoms with Gasteiger partial charge in [-0.15, -0.1) is 11.3 Å². The van der Waals surface area contributed by atoms with Crippen LogP contribution in [0, 0.1) is 12.8 Å². The smallest absolute Gasteiger partial charge is 0.332 e. The number of hydrogen-bond acceptors (Lipinski definition) is 5. The Morgan fingerprint density at radius 2 is 2.08 bits per heavy atom. The number of rotatable bonds is 5. The average Bonchev–Trinajstić information content (AvgIpc) is 3.15. The summed E-state index contributed by atoms with van der Waals surface area (Å²) in [5, 5.41) is 0.486. The number of nitrogens with zero attached hydrogens (tertiary/aromatic N) is 2. The van der Waals surface area contributed by atoms with Crippen LogP contribution in [0.5, 0.6) is 0 Å². The van der Waals surface area contributed by atoms with Crippen LogP contribution >= 0.6 is 11.3 Å². The molecule has 0 aliphatic carbocycles. The molecule has 1 aliphatic rings. The summed E-state index contributed by atoms with van der Waals surface area (Å²) in [7, 11) is 0. The van der Waals surface area contributed by atoms with Crippen molar-refractivity contribution in [2.75, 3.05) is 6.61 Å². The fourth-order valence-corrected chi connectivity index (χ4v) is 4.32. The zero-order valence-corrected chi connectivity index (χ0v) is 15.0. The number of thiophene rings is 1. The molecule has 2 aromatic heterocycles. The quantitative estimate of drug-likeness (QED) is 0.775. The van der Waals surface area contributed by atoms with Crippen LogP contribution in [0.15, 0.2) is 9.59 Å². The molecule has 0 spiro atoms. The van der Waals surface area contributed by atoms with Gasteiger partial charge in [0.05, 0.1) is 22.9 Å². The van der Waals surface area contributed by atoms with Crippen molar-refractivity contribution in [2.45, 2.75) is 52.8 Å². The molecule has 0 amide bonds. The number of hydrogen-bond donors (Lipinski definition) is 0. The van der Waals surface area contributed by atoms with Gasteiger partial charge < -0.3 is 4.74 Å². The molecule has 2 aromatic rings. The summed E-state index contributed by atoms with van der Waals surface area (Å²) in [6.45, 7) is 7.20. The Morgan fingerprint density at radius 3 is 2.67 bits per heavy atom. The van der Waals surface area contributed by atoms with E-state index < -0.39 is 0 Å². The lowest BCUT2D eigenvalue weighted by molar-refractivity contribution is 0.0965. The van der Waals surface area contributed by atoms with Crippen molar-refractivity contribution in [1.82, 2.24) is 9.13 Å². The van der Waals surface area contributed by atoms with Gasteiger partial charge in [0.15, 0.2) is 6.29 Å². The van der Waals surface area contributed by atoms with Crippen molar-refractivity contribution < 1.29 is 9.53 Å². The third-order valence-electron chi connectivity index (χ3n) is 4.40. The van der Waals surface area contributed by atoms with E-state index in [9.17, 15) is 14.4 Å². The second-order valence-electron chi connectivity index (χ2n) is 6.73. The summed E-state index contributed by atoms with van der Waals surface area (Å²) < 4.78 is 8.59. The number of carbonyl (C=O) groups excluding carboxylic acids is 1. The average molecular weight is 350 g/mol. The molecule has 0 radical (unpaired) electrons. The van der Waals surface area contributed by atoms with Gasteiger partial charge >= 0.3 is 5.69 Å². The monoisotopic (exact) mass is 350 g/mol. The van der Waals surface area contributed by atoms with E-state index in [1.54, 1.807) is 11.5 Å². The van der Waals surface area contributed by atoms with Crippen LogP contribution in [-0.4, -0.2) is 28.1 Å². The molecule has 1 aliphatic heterocycles. The fraction of sp³-hybridized carbons (Fsp3) is 0.588. The molecule has 24 heavy (non-hydrogen) atoms. The normalized spacial score (nSPS) is 17.9. The first-order chi connectivity index (χ1) is 11.4. The molecule has 6 nitrogen and oxygen atoms in total. The minimum atomic E-state index is -0.310. The molecule has 130 valence electrons. The first-order valence-electron chi connectivity index (χ1n) is 8.27. The zero-order valence-electron chi connectivity index (χ0n) is 14.2. The Labute approximate surface area is 143 Å². The highest BCUT2D eigenvalue weighted by Gasteiger charge is 2.23. The van der Waals surface area contributed by atoms with Gasteiger partial charge in [0.2, 0.25) is 0 Å². The number of carbonyl (C=O) groups is 1. The second kappa shape index (κ2) is 6.64. The molecular formula is C17H22N2O4S. The molecule has 1 atom stereocenters. The van der Waals surface area contributed by atoms with E-state index >= 15 is 0 Å². The van der Waals surface area contributed by atoms with Gasteiger partial charge in [0.25, 0.3) is 5.56 Å². The predicted molar refractivity (Wildman–Crippen MR) is 94.3 cm³/mol. The van der Waals surface area contributed by atoms with Crippen LogP contribution in [0.3, 0.4) is 0 Å². The Morgan fingerprint density at radius 1 is 1.33 bits per heavy atom. The van der Waals surface area contributed by atoms with E-state index in [-0.39, 0.29) is 23.3 Å². The van der Waals surface area contributed by atoms with Gasteiger partial charge in [-0.2, -0.15) is 0 Å². The van der Waals surface area contributed by atoms with Gasteiger partial charge in [-0.05, 0) is 31.2 Å². The molecule has 1 saturated heterocycles. The zero-order chi connectivity index (χ0) is 17.4. The fourth-order valence-electron chi connectivity index (χ4n) is 3.20. The van der Waals surface area contributed by atoms with Crippen molar-refractivity contribution >= 4 is 27.8 Å². The van der Waals surface area contributed by atoms with Gasteiger partial charge in [-0.1, -0.05) is 13.8 Å². The summed E-state index contributed by atoms with van der Waals surface area (Å²) in [4.78, 5) is 38.1. The van der Waals surface area contributed by atoms with Crippen LogP contribution in [0.4, 0.5) is 0 Å². The van der Waals surface area contributed by atoms with Gasteiger partial charge in [-0.25, -0.2) is 4.79 Å². The van der Waals surface area contributed by atoms with Crippen LogP contribution in [-0.2, 0) is 17.8 Å². The van der Waals surface area contributed by atoms with Crippen LogP contribution < -0.4 is 11.2 Å². The van der Waals surface area contributed by atoms with Crippen molar-refractivity contribution in [3.05, 3.63) is 31.3 Å². The molecule has 3 heterocycles. The number of fused-ring (bicyclic) bond motifs is 1. The summed E-state index contributed by atoms with van der Waals surface area (Å²) in [5.41, 5.74) is 0.0538. The lowest BCUT2D eigenvalue weighted by Gasteiger charge is -2.16. The third kappa shape index (κ3) is 2.86. The number of aryl methyl sites for hydroxylation is 1. The van der Waals surface area contributed by atoms with Crippen molar-refractivity contribution in [2.24, 2.45) is 5.92 Å². The van der Waals surface area contributed by atoms with Crippen molar-refractivity contribution in [3.8, 4) is 0 Å². The van der Waals surface area contributed by atoms with E-state index in [1.165, 1.54) is 15.9 Å². The highest BCUT2D eigenvalue weighted by molar-refractivity contribution is 7.20. The Balaban J connectivity index is 2.28. The van der Waals surface area contributed by atoms with Crippen LogP contribution in [0.25, 0.3) is 10.2 Å². The molecule has 1 unspecified atom stereocenters. The lowest BCUT2D eigenvalue weighted by atomic mass is 10.2. The minimum Gasteiger partial charge on any atom is -0.376 e. The van der Waals surface area contributed by atoms with E-state index in [0.29, 0.717) is 40.4 Å². The van der Waals surface area contributed by atoms with Gasteiger partial charge in [-0.3, -0.25) is 18.7 Å². The second-order valence-corrected chi connectivity index (χ2v) is 7.76. The standard InChI is InChI=1S/C17H22N2O4S/c1-10(2)7-18-15(21)14-11(3)13(9-20)24-16(14)19(17(18)22)8-12-5-4-6-23-12/h9-10,12H,4-8H2,1-3H3. The Kier molecular flexibility index (Phi) is 4.73. The highest BCUT2D eigenvalue weighted by atomic mass is 32.1. The topological polar surface area (TPSA) is 70.3 Å². The molecule has 0 aromatic carbocycles. The first kappa shape index (κ1) is 17.1. The third-order valence-corrected chi connectivity index (χ3v) is 5.64. The molecule has 0 bridgehead atoms. The van der Waals surface area contributed by atoms with Crippen molar-refractivity contribution in [1.29, 1.82) is 0 Å². The maximum atomic E-state index is 12.9. The molecular weight excluding hydrogens is 328 g/mol. The maximum absolute atomic E-state index is 12.9. The maximum Gasteiger partial charge on any atom is 0.332 e. The summed E-state index contributed by atoms with van der Waals surface area (Å²) >= 11 is 1.22. The van der Waals surface area contributed by atoms with E-state index in [2.05, 4.69) is 0 Å². The summed E-state index contributed by atoms with van der Waals surface area (Å²) in [6.07, 6.45) is 2.63. The number of aromatic nitrogens is 2. The van der Waals surface area contributed by atoms with Crippen LogP contribution in [0.2, 0.25) is 0 Å². The SMILES string of the molecule is Cc1c(C=O)sc2c1c(=O)n(CC(C)C)c(=O)n2CC1CCCO1. The lowest BCUT2D eigenvalue weighted by Crippen LogP contribution is -2.42. The molecule has 0 saturated carbocycles. The van der Waals surface area contributed by atoms with Gasteiger partial charge in [0, 0.05) is 13.2 Å². The first-order valence-corrected chi connectivity index (χ1v) is 9.09. The predicted octanol–water partition coefficient (Wildman–Crippen LogP) is 2.18. The molecule has 7 heteroatoms. The highest BCUT2D eigenvalue weighted by Crippen LogP contribution is 2.27. The van der Waals surface area contributed by atoms with E-state index in [4.69, 9.17) is 4.74 Å². The molecule has 1 fully saturated rings.